The van der Waals surface area contributed by atoms with Crippen LogP contribution < -0.4 is 10.9 Å². The summed E-state index contributed by atoms with van der Waals surface area (Å²) < 4.78 is 1.40. The molecular formula is C21H18N2O3. The van der Waals surface area contributed by atoms with Crippen molar-refractivity contribution >= 4 is 17.4 Å². The van der Waals surface area contributed by atoms with Crippen molar-refractivity contribution in [3.63, 3.8) is 0 Å². The lowest BCUT2D eigenvalue weighted by atomic mass is 10.1. The van der Waals surface area contributed by atoms with Crippen molar-refractivity contribution in [3.05, 3.63) is 93.9 Å². The summed E-state index contributed by atoms with van der Waals surface area (Å²) in [6.45, 7) is 3.01. The lowest BCUT2D eigenvalue weighted by molar-refractivity contribution is 0.101. The zero-order chi connectivity index (χ0) is 18.7. The maximum atomic E-state index is 12.8. The monoisotopic (exact) mass is 346 g/mol. The second kappa shape index (κ2) is 7.19. The van der Waals surface area contributed by atoms with Gasteiger partial charge in [0.05, 0.1) is 11.1 Å². The van der Waals surface area contributed by atoms with Gasteiger partial charge in [-0.2, -0.15) is 0 Å². The van der Waals surface area contributed by atoms with Crippen molar-refractivity contribution in [1.82, 2.24) is 4.57 Å². The van der Waals surface area contributed by atoms with E-state index in [0.29, 0.717) is 17.1 Å². The molecule has 1 amide bonds. The van der Waals surface area contributed by atoms with Gasteiger partial charge in [-0.3, -0.25) is 19.0 Å². The van der Waals surface area contributed by atoms with Crippen molar-refractivity contribution in [1.29, 1.82) is 0 Å². The van der Waals surface area contributed by atoms with Crippen LogP contribution in [0.1, 0.15) is 33.3 Å². The molecule has 0 bridgehead atoms. The van der Waals surface area contributed by atoms with Crippen molar-refractivity contribution in [2.24, 2.45) is 0 Å². The SMILES string of the molecule is CC(=O)c1cc(C(=O)Nc2ccccc2)c(C)n(-c2ccccc2)c1=O. The second-order valence-electron chi connectivity index (χ2n) is 5.91. The number of hydrogen-bond donors (Lipinski definition) is 1. The standard InChI is InChI=1S/C21H18N2O3/c1-14-18(20(25)22-16-9-5-3-6-10-16)13-19(15(2)24)21(26)23(14)17-11-7-4-8-12-17/h3-13H,1-2H3,(H,22,25). The molecule has 0 spiro atoms. The number of benzene rings is 2. The minimum absolute atomic E-state index is 0.0161. The van der Waals surface area contributed by atoms with Crippen molar-refractivity contribution in [2.75, 3.05) is 5.32 Å². The number of para-hydroxylation sites is 2. The molecule has 1 aromatic heterocycles. The third-order valence-corrected chi connectivity index (χ3v) is 4.12. The highest BCUT2D eigenvalue weighted by Gasteiger charge is 2.20. The zero-order valence-corrected chi connectivity index (χ0v) is 14.5. The lowest BCUT2D eigenvalue weighted by Crippen LogP contribution is -2.29. The van der Waals surface area contributed by atoms with Gasteiger partial charge in [-0.05, 0) is 44.2 Å². The highest BCUT2D eigenvalue weighted by Crippen LogP contribution is 2.16. The Morgan fingerprint density at radius 3 is 2.04 bits per heavy atom. The first-order valence-corrected chi connectivity index (χ1v) is 8.18. The van der Waals surface area contributed by atoms with E-state index in [0.717, 1.165) is 0 Å². The second-order valence-corrected chi connectivity index (χ2v) is 5.91. The number of pyridine rings is 1. The molecule has 1 N–H and O–H groups in total. The summed E-state index contributed by atoms with van der Waals surface area (Å²) in [5, 5.41) is 2.80. The Balaban J connectivity index is 2.17. The summed E-state index contributed by atoms with van der Waals surface area (Å²) in [5.41, 5.74) is 1.54. The number of nitrogens with zero attached hydrogens (tertiary/aromatic N) is 1. The van der Waals surface area contributed by atoms with Gasteiger partial charge < -0.3 is 5.32 Å². The molecule has 2 aromatic carbocycles. The maximum absolute atomic E-state index is 12.8. The molecule has 5 nitrogen and oxygen atoms in total. The molecule has 3 aromatic rings. The molecule has 1 heterocycles. The van der Waals surface area contributed by atoms with Gasteiger partial charge in [0.2, 0.25) is 0 Å². The van der Waals surface area contributed by atoms with Crippen molar-refractivity contribution < 1.29 is 9.59 Å². The first-order chi connectivity index (χ1) is 12.5. The Kier molecular flexibility index (Phi) is 4.80. The van der Waals surface area contributed by atoms with E-state index in [9.17, 15) is 14.4 Å². The van der Waals surface area contributed by atoms with Crippen LogP contribution in [-0.4, -0.2) is 16.3 Å². The number of anilines is 1. The van der Waals surface area contributed by atoms with Crippen LogP contribution in [0.2, 0.25) is 0 Å². The number of ketones is 1. The highest BCUT2D eigenvalue weighted by atomic mass is 16.2. The Hall–Kier alpha value is -3.47. The Labute approximate surface area is 150 Å². The summed E-state index contributed by atoms with van der Waals surface area (Å²) in [5.74, 6) is -0.755. The quantitative estimate of drug-likeness (QED) is 0.734. The van der Waals surface area contributed by atoms with Crippen LogP contribution in [0.5, 0.6) is 0 Å². The number of aromatic nitrogens is 1. The summed E-state index contributed by atoms with van der Waals surface area (Å²) in [7, 11) is 0. The molecule has 3 rings (SSSR count). The van der Waals surface area contributed by atoms with E-state index in [2.05, 4.69) is 5.32 Å². The van der Waals surface area contributed by atoms with Crippen molar-refractivity contribution in [3.8, 4) is 5.69 Å². The fourth-order valence-corrected chi connectivity index (χ4v) is 2.79. The molecule has 0 saturated heterocycles. The van der Waals surface area contributed by atoms with E-state index >= 15 is 0 Å². The molecule has 0 unspecified atom stereocenters. The van der Waals surface area contributed by atoms with E-state index in [1.807, 2.05) is 24.3 Å². The summed E-state index contributed by atoms with van der Waals surface area (Å²) in [4.78, 5) is 37.5. The first-order valence-electron chi connectivity index (χ1n) is 8.18. The van der Waals surface area contributed by atoms with Gasteiger partial charge in [0, 0.05) is 17.1 Å². The van der Waals surface area contributed by atoms with E-state index in [1.165, 1.54) is 17.6 Å². The largest absolute Gasteiger partial charge is 0.322 e. The maximum Gasteiger partial charge on any atom is 0.266 e. The van der Waals surface area contributed by atoms with Crippen LogP contribution in [-0.2, 0) is 0 Å². The average molecular weight is 346 g/mol. The first kappa shape index (κ1) is 17.4. The van der Waals surface area contributed by atoms with Gasteiger partial charge in [-0.15, -0.1) is 0 Å². The molecular weight excluding hydrogens is 328 g/mol. The zero-order valence-electron chi connectivity index (χ0n) is 14.5. The van der Waals surface area contributed by atoms with Crippen LogP contribution in [0.4, 0.5) is 5.69 Å². The Morgan fingerprint density at radius 2 is 1.46 bits per heavy atom. The minimum Gasteiger partial charge on any atom is -0.322 e. The van der Waals surface area contributed by atoms with Crippen LogP contribution in [0.15, 0.2) is 71.5 Å². The number of nitrogens with one attached hydrogen (secondary N) is 1. The van der Waals surface area contributed by atoms with E-state index in [1.54, 1.807) is 43.3 Å². The Morgan fingerprint density at radius 1 is 0.885 bits per heavy atom. The molecule has 0 fully saturated rings. The van der Waals surface area contributed by atoms with Crippen LogP contribution in [0.25, 0.3) is 5.69 Å². The topological polar surface area (TPSA) is 68.2 Å². The molecule has 0 atom stereocenters. The lowest BCUT2D eigenvalue weighted by Gasteiger charge is -2.16. The number of Topliss-reactive ketones (excluding diaryl/α,β-unsaturated/α-hetero) is 1. The van der Waals surface area contributed by atoms with E-state index in [4.69, 9.17) is 0 Å². The van der Waals surface area contributed by atoms with Gasteiger partial charge in [-0.25, -0.2) is 0 Å². The third kappa shape index (κ3) is 3.32. The van der Waals surface area contributed by atoms with Crippen molar-refractivity contribution in [2.45, 2.75) is 13.8 Å². The van der Waals surface area contributed by atoms with Gasteiger partial charge in [-0.1, -0.05) is 36.4 Å². The Bertz CT molecular complexity index is 1020. The van der Waals surface area contributed by atoms with Crippen LogP contribution >= 0.6 is 0 Å². The third-order valence-electron chi connectivity index (χ3n) is 4.12. The van der Waals surface area contributed by atoms with Gasteiger partial charge in [0.15, 0.2) is 5.78 Å². The highest BCUT2D eigenvalue weighted by molar-refractivity contribution is 6.06. The predicted octanol–water partition coefficient (Wildman–Crippen LogP) is 3.60. The fourth-order valence-electron chi connectivity index (χ4n) is 2.79. The smallest absolute Gasteiger partial charge is 0.266 e. The molecule has 0 saturated carbocycles. The summed E-state index contributed by atoms with van der Waals surface area (Å²) in [6, 6.07) is 19.3. The summed E-state index contributed by atoms with van der Waals surface area (Å²) in [6.07, 6.45) is 0. The fraction of sp³-hybridized carbons (Fsp3) is 0.0952. The predicted molar refractivity (Wildman–Crippen MR) is 101 cm³/mol. The number of hydrogen-bond acceptors (Lipinski definition) is 3. The molecule has 5 heteroatoms. The molecule has 0 radical (unpaired) electrons. The average Bonchev–Trinajstić information content (AvgIpc) is 2.63. The molecule has 0 aliphatic heterocycles. The molecule has 130 valence electrons. The normalized spacial score (nSPS) is 10.4. The summed E-state index contributed by atoms with van der Waals surface area (Å²) >= 11 is 0. The van der Waals surface area contributed by atoms with Crippen LogP contribution in [0.3, 0.4) is 0 Å². The molecule has 0 aliphatic carbocycles. The van der Waals surface area contributed by atoms with E-state index in [-0.39, 0.29) is 22.8 Å². The number of amides is 1. The van der Waals surface area contributed by atoms with Gasteiger partial charge in [0.25, 0.3) is 11.5 Å². The number of carbonyl (C=O) groups excluding carboxylic acids is 2. The van der Waals surface area contributed by atoms with Crippen LogP contribution in [0, 0.1) is 6.92 Å². The van der Waals surface area contributed by atoms with Gasteiger partial charge in [0.1, 0.15) is 0 Å². The van der Waals surface area contributed by atoms with Gasteiger partial charge >= 0.3 is 0 Å². The molecule has 0 aliphatic rings. The molecule has 26 heavy (non-hydrogen) atoms. The minimum atomic E-state index is -0.433. The van der Waals surface area contributed by atoms with E-state index < -0.39 is 5.56 Å². The number of carbonyl (C=O) groups is 2. The number of rotatable bonds is 4.